The van der Waals surface area contributed by atoms with E-state index in [4.69, 9.17) is 0 Å². The van der Waals surface area contributed by atoms with Gasteiger partial charge < -0.3 is 9.88 Å². The molecule has 108 valence electrons. The number of hydrogen-bond donors (Lipinski definition) is 1. The molecule has 2 aromatic carbocycles. The second kappa shape index (κ2) is 5.56. The van der Waals surface area contributed by atoms with E-state index in [-0.39, 0.29) is 5.82 Å². The average Bonchev–Trinajstić information content (AvgIpc) is 2.85. The van der Waals surface area contributed by atoms with Crippen LogP contribution < -0.4 is 5.32 Å². The molecule has 0 aliphatic rings. The third-order valence-corrected chi connectivity index (χ3v) is 3.61. The van der Waals surface area contributed by atoms with E-state index in [1.807, 2.05) is 31.2 Å². The van der Waals surface area contributed by atoms with Gasteiger partial charge in [-0.25, -0.2) is 9.37 Å². The molecule has 3 aromatic rings. The zero-order valence-electron chi connectivity index (χ0n) is 12.2. The molecule has 0 fully saturated rings. The van der Waals surface area contributed by atoms with Gasteiger partial charge in [-0.2, -0.15) is 0 Å². The summed E-state index contributed by atoms with van der Waals surface area (Å²) in [6.07, 6.45) is 0. The summed E-state index contributed by atoms with van der Waals surface area (Å²) in [4.78, 5) is 4.63. The van der Waals surface area contributed by atoms with Gasteiger partial charge in [0.25, 0.3) is 0 Å². The molecule has 0 unspecified atom stereocenters. The van der Waals surface area contributed by atoms with Crippen molar-refractivity contribution in [2.45, 2.75) is 26.9 Å². The van der Waals surface area contributed by atoms with Crippen molar-refractivity contribution in [3.8, 4) is 0 Å². The summed E-state index contributed by atoms with van der Waals surface area (Å²) in [5, 5.41) is 3.15. The lowest BCUT2D eigenvalue weighted by Crippen LogP contribution is -2.09. The number of aryl methyl sites for hydroxylation is 2. The first-order valence-electron chi connectivity index (χ1n) is 7.13. The molecule has 0 atom stereocenters. The van der Waals surface area contributed by atoms with Crippen LogP contribution in [0.2, 0.25) is 0 Å². The van der Waals surface area contributed by atoms with Crippen LogP contribution in [0.5, 0.6) is 0 Å². The number of hydrogen-bond acceptors (Lipinski definition) is 2. The lowest BCUT2D eigenvalue weighted by molar-refractivity contribution is 0.628. The maximum Gasteiger partial charge on any atom is 0.146 e. The van der Waals surface area contributed by atoms with Crippen molar-refractivity contribution in [3.05, 3.63) is 59.7 Å². The van der Waals surface area contributed by atoms with Crippen molar-refractivity contribution in [1.29, 1.82) is 0 Å². The molecule has 1 heterocycles. The van der Waals surface area contributed by atoms with E-state index in [1.165, 1.54) is 6.07 Å². The Bertz CT molecular complexity index is 777. The minimum Gasteiger partial charge on any atom is -0.375 e. The highest BCUT2D eigenvalue weighted by molar-refractivity contribution is 5.76. The molecule has 0 bridgehead atoms. The normalized spacial score (nSPS) is 11.0. The summed E-state index contributed by atoms with van der Waals surface area (Å²) in [5.41, 5.74) is 3.63. The molecule has 0 saturated heterocycles. The second-order valence-electron chi connectivity index (χ2n) is 5.10. The van der Waals surface area contributed by atoms with Crippen LogP contribution in [0.25, 0.3) is 11.0 Å². The summed E-state index contributed by atoms with van der Waals surface area (Å²) < 4.78 is 15.9. The Morgan fingerprint density at radius 2 is 2.00 bits per heavy atom. The first-order valence-corrected chi connectivity index (χ1v) is 7.13. The first kappa shape index (κ1) is 13.6. The molecular formula is C17H18FN3. The van der Waals surface area contributed by atoms with Crippen molar-refractivity contribution in [2.24, 2.45) is 0 Å². The number of halogens is 1. The summed E-state index contributed by atoms with van der Waals surface area (Å²) >= 11 is 0. The van der Waals surface area contributed by atoms with Crippen LogP contribution in [0.1, 0.15) is 18.3 Å². The zero-order chi connectivity index (χ0) is 14.8. The van der Waals surface area contributed by atoms with E-state index in [9.17, 15) is 4.39 Å². The first-order chi connectivity index (χ1) is 10.2. The number of benzene rings is 2. The highest BCUT2D eigenvalue weighted by atomic mass is 19.1. The Labute approximate surface area is 123 Å². The highest BCUT2D eigenvalue weighted by Crippen LogP contribution is 2.19. The minimum atomic E-state index is -0.236. The molecule has 4 heteroatoms. The van der Waals surface area contributed by atoms with Gasteiger partial charge in [-0.1, -0.05) is 18.2 Å². The topological polar surface area (TPSA) is 29.9 Å². The summed E-state index contributed by atoms with van der Waals surface area (Å²) in [7, 11) is 0. The van der Waals surface area contributed by atoms with Crippen LogP contribution in [0, 0.1) is 12.7 Å². The van der Waals surface area contributed by atoms with Gasteiger partial charge in [-0.3, -0.25) is 0 Å². The summed E-state index contributed by atoms with van der Waals surface area (Å²) in [5.74, 6) is 0.680. The number of para-hydroxylation sites is 2. The summed E-state index contributed by atoms with van der Waals surface area (Å²) in [6, 6.07) is 13.1. The van der Waals surface area contributed by atoms with Crippen molar-refractivity contribution in [1.82, 2.24) is 9.55 Å². The molecule has 0 radical (unpaired) electrons. The highest BCUT2D eigenvalue weighted by Gasteiger charge is 2.09. The Morgan fingerprint density at radius 1 is 1.19 bits per heavy atom. The standard InChI is InChI=1S/C17H18FN3/c1-3-21-16-7-5-4-6-14(16)20-17(21)11-19-15-10-12(2)8-9-13(15)18/h4-10,19H,3,11H2,1-2H3. The third kappa shape index (κ3) is 2.61. The van der Waals surface area contributed by atoms with Gasteiger partial charge in [-0.15, -0.1) is 0 Å². The number of rotatable bonds is 4. The molecule has 3 rings (SSSR count). The SMILES string of the molecule is CCn1c(CNc2cc(C)ccc2F)nc2ccccc21. The van der Waals surface area contributed by atoms with Crippen LogP contribution in [-0.2, 0) is 13.1 Å². The van der Waals surface area contributed by atoms with Crippen LogP contribution in [0.15, 0.2) is 42.5 Å². The lowest BCUT2D eigenvalue weighted by Gasteiger charge is -2.10. The molecule has 0 aliphatic carbocycles. The van der Waals surface area contributed by atoms with Gasteiger partial charge in [0.05, 0.1) is 23.3 Å². The fraction of sp³-hybridized carbons (Fsp3) is 0.235. The lowest BCUT2D eigenvalue weighted by atomic mass is 10.2. The van der Waals surface area contributed by atoms with Crippen LogP contribution in [-0.4, -0.2) is 9.55 Å². The smallest absolute Gasteiger partial charge is 0.146 e. The molecule has 1 N–H and O–H groups in total. The minimum absolute atomic E-state index is 0.236. The number of fused-ring (bicyclic) bond motifs is 1. The quantitative estimate of drug-likeness (QED) is 0.780. The molecule has 1 aromatic heterocycles. The van der Waals surface area contributed by atoms with Crippen LogP contribution in [0.3, 0.4) is 0 Å². The van der Waals surface area contributed by atoms with Crippen molar-refractivity contribution in [2.75, 3.05) is 5.32 Å². The van der Waals surface area contributed by atoms with E-state index in [0.29, 0.717) is 12.2 Å². The molecular weight excluding hydrogens is 265 g/mol. The van der Waals surface area contributed by atoms with Crippen LogP contribution in [0.4, 0.5) is 10.1 Å². The fourth-order valence-corrected chi connectivity index (χ4v) is 2.56. The maximum atomic E-state index is 13.8. The van der Waals surface area contributed by atoms with E-state index in [2.05, 4.69) is 27.9 Å². The predicted octanol–water partition coefficient (Wildman–Crippen LogP) is 4.12. The molecule has 21 heavy (non-hydrogen) atoms. The zero-order valence-corrected chi connectivity index (χ0v) is 12.2. The molecule has 0 spiro atoms. The van der Waals surface area contributed by atoms with E-state index in [1.54, 1.807) is 6.07 Å². The monoisotopic (exact) mass is 283 g/mol. The predicted molar refractivity (Wildman–Crippen MR) is 83.9 cm³/mol. The van der Waals surface area contributed by atoms with Crippen molar-refractivity contribution >= 4 is 16.7 Å². The van der Waals surface area contributed by atoms with Gasteiger partial charge in [0, 0.05) is 6.54 Å². The van der Waals surface area contributed by atoms with Gasteiger partial charge in [0.2, 0.25) is 0 Å². The molecule has 0 amide bonds. The van der Waals surface area contributed by atoms with Gasteiger partial charge in [0.15, 0.2) is 0 Å². The van der Waals surface area contributed by atoms with Gasteiger partial charge >= 0.3 is 0 Å². The number of imidazole rings is 1. The Balaban J connectivity index is 1.89. The fourth-order valence-electron chi connectivity index (χ4n) is 2.56. The number of anilines is 1. The number of nitrogens with one attached hydrogen (secondary N) is 1. The Morgan fingerprint density at radius 3 is 2.81 bits per heavy atom. The molecule has 0 aliphatic heterocycles. The second-order valence-corrected chi connectivity index (χ2v) is 5.10. The largest absolute Gasteiger partial charge is 0.375 e. The Kier molecular flexibility index (Phi) is 3.60. The molecule has 3 nitrogen and oxygen atoms in total. The average molecular weight is 283 g/mol. The van der Waals surface area contributed by atoms with Crippen LogP contribution >= 0.6 is 0 Å². The number of nitrogens with zero attached hydrogens (tertiary/aromatic N) is 2. The summed E-state index contributed by atoms with van der Waals surface area (Å²) in [6.45, 7) is 5.38. The van der Waals surface area contributed by atoms with Crippen molar-refractivity contribution < 1.29 is 4.39 Å². The maximum absolute atomic E-state index is 13.8. The van der Waals surface area contributed by atoms with E-state index < -0.39 is 0 Å². The number of aromatic nitrogens is 2. The van der Waals surface area contributed by atoms with Gasteiger partial charge in [-0.05, 0) is 43.7 Å². The third-order valence-electron chi connectivity index (χ3n) is 3.61. The van der Waals surface area contributed by atoms with E-state index in [0.717, 1.165) is 29.0 Å². The van der Waals surface area contributed by atoms with E-state index >= 15 is 0 Å². The molecule has 0 saturated carbocycles. The van der Waals surface area contributed by atoms with Gasteiger partial charge in [0.1, 0.15) is 11.6 Å². The van der Waals surface area contributed by atoms with Crippen molar-refractivity contribution in [3.63, 3.8) is 0 Å². The Hall–Kier alpha value is -2.36.